The van der Waals surface area contributed by atoms with Crippen LogP contribution in [-0.2, 0) is 13.0 Å². The molecule has 0 unspecified atom stereocenters. The van der Waals surface area contributed by atoms with E-state index in [1.54, 1.807) is 34.9 Å². The van der Waals surface area contributed by atoms with Crippen LogP contribution in [0.4, 0.5) is 0 Å². The normalized spacial score (nSPS) is 11.2. The van der Waals surface area contributed by atoms with Crippen LogP contribution in [0.25, 0.3) is 15.9 Å². The van der Waals surface area contributed by atoms with Crippen molar-refractivity contribution in [1.82, 2.24) is 25.1 Å². The van der Waals surface area contributed by atoms with Gasteiger partial charge in [0.25, 0.3) is 5.91 Å². The molecule has 0 atom stereocenters. The number of para-hydroxylation sites is 1. The SMILES string of the molecule is CCc1cc(C(=O)c2ccccc2Cl)c(-n2c(Br)nnc2CNC(=O)c2cc3ccccc3[nH]2)s1. The van der Waals surface area contributed by atoms with Gasteiger partial charge in [0.15, 0.2) is 11.6 Å². The molecule has 0 saturated carbocycles. The first-order valence-electron chi connectivity index (χ1n) is 10.8. The molecule has 2 aromatic carbocycles. The van der Waals surface area contributed by atoms with Gasteiger partial charge >= 0.3 is 0 Å². The van der Waals surface area contributed by atoms with Crippen LogP contribution < -0.4 is 5.32 Å². The van der Waals surface area contributed by atoms with Crippen LogP contribution in [-0.4, -0.2) is 31.4 Å². The predicted octanol–water partition coefficient (Wildman–Crippen LogP) is 5.95. The number of rotatable bonds is 7. The van der Waals surface area contributed by atoms with Crippen molar-refractivity contribution < 1.29 is 9.59 Å². The maximum atomic E-state index is 13.5. The number of halogens is 2. The number of H-pyrrole nitrogens is 1. The molecular weight excluding hydrogens is 550 g/mol. The molecule has 35 heavy (non-hydrogen) atoms. The van der Waals surface area contributed by atoms with Gasteiger partial charge in [-0.3, -0.25) is 14.2 Å². The van der Waals surface area contributed by atoms with Crippen LogP contribution >= 0.6 is 38.9 Å². The first kappa shape index (κ1) is 23.5. The number of benzene rings is 2. The summed E-state index contributed by atoms with van der Waals surface area (Å²) in [5.74, 6) is 0.0360. The van der Waals surface area contributed by atoms with Crippen molar-refractivity contribution in [3.63, 3.8) is 0 Å². The van der Waals surface area contributed by atoms with E-state index in [9.17, 15) is 9.59 Å². The molecule has 2 N–H and O–H groups in total. The van der Waals surface area contributed by atoms with Crippen LogP contribution in [0.5, 0.6) is 0 Å². The first-order chi connectivity index (χ1) is 17.0. The van der Waals surface area contributed by atoms with Crippen LogP contribution in [0.1, 0.15) is 44.0 Å². The van der Waals surface area contributed by atoms with Crippen LogP contribution in [0.2, 0.25) is 5.02 Å². The zero-order valence-electron chi connectivity index (χ0n) is 18.5. The molecule has 5 aromatic rings. The molecule has 5 rings (SSSR count). The van der Waals surface area contributed by atoms with E-state index in [1.807, 2.05) is 37.3 Å². The van der Waals surface area contributed by atoms with Gasteiger partial charge in [-0.2, -0.15) is 0 Å². The second-order valence-corrected chi connectivity index (χ2v) is 10.00. The van der Waals surface area contributed by atoms with Gasteiger partial charge in [0.05, 0.1) is 17.1 Å². The minimum Gasteiger partial charge on any atom is -0.351 e. The van der Waals surface area contributed by atoms with E-state index < -0.39 is 0 Å². The topological polar surface area (TPSA) is 92.7 Å². The van der Waals surface area contributed by atoms with Crippen LogP contribution in [0, 0.1) is 0 Å². The van der Waals surface area contributed by atoms with E-state index in [2.05, 4.69) is 36.4 Å². The van der Waals surface area contributed by atoms with Crippen molar-refractivity contribution in [1.29, 1.82) is 0 Å². The quantitative estimate of drug-likeness (QED) is 0.237. The fraction of sp³-hybridized carbons (Fsp3) is 0.120. The third kappa shape index (κ3) is 4.54. The first-order valence-corrected chi connectivity index (χ1v) is 12.8. The fourth-order valence-electron chi connectivity index (χ4n) is 3.79. The average Bonchev–Trinajstić information content (AvgIpc) is 3.58. The molecule has 0 bridgehead atoms. The van der Waals surface area contributed by atoms with Gasteiger partial charge in [0.1, 0.15) is 10.7 Å². The molecule has 0 aliphatic rings. The van der Waals surface area contributed by atoms with Crippen molar-refractivity contribution in [2.75, 3.05) is 0 Å². The molecule has 0 aliphatic carbocycles. The largest absolute Gasteiger partial charge is 0.351 e. The number of hydrogen-bond donors (Lipinski definition) is 2. The van der Waals surface area contributed by atoms with Gasteiger partial charge in [-0.05, 0) is 52.7 Å². The number of aromatic amines is 1. The summed E-state index contributed by atoms with van der Waals surface area (Å²) in [5, 5.41) is 13.3. The van der Waals surface area contributed by atoms with Gasteiger partial charge in [-0.15, -0.1) is 21.5 Å². The monoisotopic (exact) mass is 567 g/mol. The molecule has 1 amide bonds. The summed E-state index contributed by atoms with van der Waals surface area (Å²) in [6.45, 7) is 2.15. The molecule has 176 valence electrons. The Bertz CT molecular complexity index is 1540. The summed E-state index contributed by atoms with van der Waals surface area (Å²) in [5.41, 5.74) is 2.27. The molecular formula is C25H19BrClN5O2S. The molecule has 3 aromatic heterocycles. The van der Waals surface area contributed by atoms with Crippen molar-refractivity contribution in [2.45, 2.75) is 19.9 Å². The lowest BCUT2D eigenvalue weighted by Crippen LogP contribution is -2.25. The number of ketones is 1. The molecule has 0 saturated heterocycles. The average molecular weight is 569 g/mol. The highest BCUT2D eigenvalue weighted by atomic mass is 79.9. The molecule has 7 nitrogen and oxygen atoms in total. The smallest absolute Gasteiger partial charge is 0.268 e. The van der Waals surface area contributed by atoms with E-state index in [4.69, 9.17) is 11.6 Å². The Morgan fingerprint density at radius 3 is 2.63 bits per heavy atom. The number of nitrogens with one attached hydrogen (secondary N) is 2. The number of thiophene rings is 1. The van der Waals surface area contributed by atoms with Gasteiger partial charge < -0.3 is 10.3 Å². The zero-order chi connectivity index (χ0) is 24.5. The highest BCUT2D eigenvalue weighted by Crippen LogP contribution is 2.33. The summed E-state index contributed by atoms with van der Waals surface area (Å²) in [4.78, 5) is 30.4. The minimum atomic E-state index is -0.264. The van der Waals surface area contributed by atoms with Crippen molar-refractivity contribution in [3.05, 3.63) is 97.9 Å². The molecule has 0 aliphatic heterocycles. The number of aromatic nitrogens is 4. The molecule has 0 spiro atoms. The number of nitrogens with zero attached hydrogens (tertiary/aromatic N) is 3. The van der Waals surface area contributed by atoms with Gasteiger partial charge in [-0.1, -0.05) is 48.9 Å². The molecule has 0 fully saturated rings. The number of aryl methyl sites for hydroxylation is 1. The highest BCUT2D eigenvalue weighted by Gasteiger charge is 2.24. The van der Waals surface area contributed by atoms with E-state index in [0.717, 1.165) is 22.2 Å². The maximum Gasteiger partial charge on any atom is 0.268 e. The van der Waals surface area contributed by atoms with Crippen molar-refractivity contribution >= 4 is 61.5 Å². The summed E-state index contributed by atoms with van der Waals surface area (Å²) in [7, 11) is 0. The number of carbonyl (C=O) groups is 2. The zero-order valence-corrected chi connectivity index (χ0v) is 21.7. The van der Waals surface area contributed by atoms with Gasteiger partial charge in [0, 0.05) is 21.3 Å². The molecule has 3 heterocycles. The third-order valence-electron chi connectivity index (χ3n) is 5.55. The Morgan fingerprint density at radius 1 is 1.09 bits per heavy atom. The van der Waals surface area contributed by atoms with Crippen molar-refractivity contribution in [2.24, 2.45) is 0 Å². The Kier molecular flexibility index (Phi) is 6.55. The lowest BCUT2D eigenvalue weighted by atomic mass is 10.0. The third-order valence-corrected chi connectivity index (χ3v) is 7.66. The lowest BCUT2D eigenvalue weighted by Gasteiger charge is -2.10. The summed E-state index contributed by atoms with van der Waals surface area (Å²) >= 11 is 11.2. The van der Waals surface area contributed by atoms with E-state index in [-0.39, 0.29) is 18.2 Å². The fourth-order valence-corrected chi connectivity index (χ4v) is 5.70. The standard InChI is InChI=1S/C25H19BrClN5O2S/c1-2-15-12-17(22(33)16-8-4-5-9-18(16)27)24(35-15)32-21(30-31-25(32)26)13-28-23(34)20-11-14-7-3-6-10-19(14)29-20/h3-12,29H,2,13H2,1H3,(H,28,34). The molecule has 10 heteroatoms. The van der Waals surface area contributed by atoms with E-state index >= 15 is 0 Å². The van der Waals surface area contributed by atoms with E-state index in [0.29, 0.717) is 37.4 Å². The Labute approximate surface area is 218 Å². The van der Waals surface area contributed by atoms with E-state index in [1.165, 1.54) is 11.3 Å². The predicted molar refractivity (Wildman–Crippen MR) is 141 cm³/mol. The summed E-state index contributed by atoms with van der Waals surface area (Å²) < 4.78 is 2.18. The lowest BCUT2D eigenvalue weighted by molar-refractivity contribution is 0.0944. The van der Waals surface area contributed by atoms with Crippen LogP contribution in [0.3, 0.4) is 0 Å². The number of carbonyl (C=O) groups excluding carboxylic acids is 2. The minimum absolute atomic E-state index is 0.117. The van der Waals surface area contributed by atoms with Gasteiger partial charge in [-0.25, -0.2) is 0 Å². The summed E-state index contributed by atoms with van der Waals surface area (Å²) in [6, 6.07) is 18.3. The maximum absolute atomic E-state index is 13.5. The highest BCUT2D eigenvalue weighted by molar-refractivity contribution is 9.10. The van der Waals surface area contributed by atoms with Crippen molar-refractivity contribution in [3.8, 4) is 5.00 Å². The van der Waals surface area contributed by atoms with Crippen LogP contribution in [0.15, 0.2) is 65.4 Å². The second kappa shape index (κ2) is 9.77. The number of hydrogen-bond acceptors (Lipinski definition) is 5. The summed E-state index contributed by atoms with van der Waals surface area (Å²) in [6.07, 6.45) is 0.764. The number of fused-ring (bicyclic) bond motifs is 1. The Morgan fingerprint density at radius 2 is 1.86 bits per heavy atom. The Hall–Kier alpha value is -3.27. The number of amides is 1. The second-order valence-electron chi connectivity index (χ2n) is 7.77. The van der Waals surface area contributed by atoms with Gasteiger partial charge in [0.2, 0.25) is 4.73 Å². The Balaban J connectivity index is 1.46. The molecule has 0 radical (unpaired) electrons.